The Morgan fingerprint density at radius 2 is 2.09 bits per heavy atom. The van der Waals surface area contributed by atoms with Gasteiger partial charge in [-0.25, -0.2) is 0 Å². The third-order valence-corrected chi connectivity index (χ3v) is 3.76. The molecule has 2 fully saturated rings. The zero-order chi connectivity index (χ0) is 7.84. The predicted molar refractivity (Wildman–Crippen MR) is 46.1 cm³/mol. The number of rotatable bonds is 0. The van der Waals surface area contributed by atoms with Crippen molar-refractivity contribution in [2.45, 2.75) is 38.1 Å². The van der Waals surface area contributed by atoms with Crippen LogP contribution < -0.4 is 0 Å². The summed E-state index contributed by atoms with van der Waals surface area (Å²) in [5.74, 6) is 0.928. The fraction of sp³-hybridized carbons (Fsp3) is 0.875. The summed E-state index contributed by atoms with van der Waals surface area (Å²) in [6.07, 6.45) is 5.82. The molecule has 1 saturated carbocycles. The zero-order valence-corrected chi connectivity index (χ0v) is 8.01. The maximum atomic E-state index is 11.2. The number of fused-ring (bicyclic) bond motifs is 1. The van der Waals surface area contributed by atoms with Crippen LogP contribution in [0.2, 0.25) is 0 Å². The van der Waals surface area contributed by atoms with Crippen LogP contribution in [0.15, 0.2) is 0 Å². The molecule has 0 N–H and O–H groups in total. The molecule has 11 heavy (non-hydrogen) atoms. The maximum Gasteiger partial charge on any atom is 0.233 e. The molecule has 2 aliphatic rings. The molecule has 0 spiro atoms. The molecule has 1 heterocycles. The smallest absolute Gasteiger partial charge is 0.233 e. The van der Waals surface area contributed by atoms with E-state index in [4.69, 9.17) is 0 Å². The minimum absolute atomic E-state index is 0.280. The van der Waals surface area contributed by atoms with Crippen LogP contribution in [0.4, 0.5) is 0 Å². The lowest BCUT2D eigenvalue weighted by atomic mass is 9.85. The Balaban J connectivity index is 2.11. The van der Waals surface area contributed by atoms with Crippen molar-refractivity contribution in [2.75, 3.05) is 0 Å². The number of carbonyl (C=O) groups excluding carboxylic acids is 1. The first kappa shape index (κ1) is 7.59. The fourth-order valence-corrected chi connectivity index (χ4v) is 2.90. The van der Waals surface area contributed by atoms with Gasteiger partial charge in [0.05, 0.1) is 16.1 Å². The predicted octanol–water partition coefficient (Wildman–Crippen LogP) is 2.09. The Morgan fingerprint density at radius 3 is 2.82 bits per heavy atom. The summed E-state index contributed by atoms with van der Waals surface area (Å²) in [6.45, 7) is 0. The van der Waals surface area contributed by atoms with E-state index in [0.29, 0.717) is 12.0 Å². The molecule has 0 aromatic heterocycles. The molecule has 2 unspecified atom stereocenters. The Bertz CT molecular complexity index is 183. The summed E-state index contributed by atoms with van der Waals surface area (Å²) in [6, 6.07) is 0.510. The topological polar surface area (TPSA) is 20.3 Å². The minimum Gasteiger partial charge on any atom is -0.276 e. The van der Waals surface area contributed by atoms with Gasteiger partial charge in [0.2, 0.25) is 5.91 Å². The molecule has 1 saturated heterocycles. The highest BCUT2D eigenvalue weighted by Gasteiger charge is 2.39. The van der Waals surface area contributed by atoms with Gasteiger partial charge in [0.25, 0.3) is 0 Å². The van der Waals surface area contributed by atoms with E-state index < -0.39 is 0 Å². The molecule has 2 atom stereocenters. The summed E-state index contributed by atoms with van der Waals surface area (Å²) in [7, 11) is 0. The SMILES string of the molecule is O=C1CC2CCCCC2N1Br. The van der Waals surface area contributed by atoms with Gasteiger partial charge >= 0.3 is 0 Å². The van der Waals surface area contributed by atoms with Gasteiger partial charge in [0, 0.05) is 12.5 Å². The molecule has 2 rings (SSSR count). The number of nitrogens with zero attached hydrogens (tertiary/aromatic N) is 1. The van der Waals surface area contributed by atoms with Crippen molar-refractivity contribution in [2.24, 2.45) is 5.92 Å². The van der Waals surface area contributed by atoms with Gasteiger partial charge in [-0.05, 0) is 18.8 Å². The monoisotopic (exact) mass is 217 g/mol. The molecule has 2 nitrogen and oxygen atoms in total. The van der Waals surface area contributed by atoms with Crippen LogP contribution in [0.1, 0.15) is 32.1 Å². The van der Waals surface area contributed by atoms with Crippen molar-refractivity contribution in [3.05, 3.63) is 0 Å². The van der Waals surface area contributed by atoms with Crippen LogP contribution in [-0.2, 0) is 4.79 Å². The Labute approximate surface area is 75.3 Å². The Hall–Kier alpha value is -0.0500. The van der Waals surface area contributed by atoms with E-state index in [1.54, 1.807) is 3.93 Å². The van der Waals surface area contributed by atoms with Gasteiger partial charge in [-0.2, -0.15) is 0 Å². The Kier molecular flexibility index (Phi) is 1.91. The van der Waals surface area contributed by atoms with Crippen LogP contribution in [0.3, 0.4) is 0 Å². The van der Waals surface area contributed by atoms with Crippen LogP contribution in [0.5, 0.6) is 0 Å². The van der Waals surface area contributed by atoms with E-state index in [-0.39, 0.29) is 5.91 Å². The number of hydrogen-bond acceptors (Lipinski definition) is 1. The Morgan fingerprint density at radius 1 is 1.36 bits per heavy atom. The molecule has 1 aliphatic carbocycles. The standard InChI is InChI=1S/C8H12BrNO/c9-10-7-4-2-1-3-6(7)5-8(10)11/h6-7H,1-5H2. The molecule has 1 aliphatic heterocycles. The fourth-order valence-electron chi connectivity index (χ4n) is 2.22. The molecule has 1 amide bonds. The van der Waals surface area contributed by atoms with Gasteiger partial charge in [0.15, 0.2) is 0 Å². The second-order valence-electron chi connectivity index (χ2n) is 3.52. The van der Waals surface area contributed by atoms with Crippen molar-refractivity contribution in [3.8, 4) is 0 Å². The van der Waals surface area contributed by atoms with E-state index in [0.717, 1.165) is 6.42 Å². The van der Waals surface area contributed by atoms with Crippen LogP contribution in [0, 0.1) is 5.92 Å². The van der Waals surface area contributed by atoms with Crippen molar-refractivity contribution < 1.29 is 4.79 Å². The van der Waals surface area contributed by atoms with Crippen LogP contribution in [0.25, 0.3) is 0 Å². The first-order valence-corrected chi connectivity index (χ1v) is 4.98. The quantitative estimate of drug-likeness (QED) is 0.570. The highest BCUT2D eigenvalue weighted by Crippen LogP contribution is 2.38. The van der Waals surface area contributed by atoms with E-state index in [9.17, 15) is 4.79 Å². The summed E-state index contributed by atoms with van der Waals surface area (Å²) >= 11 is 3.33. The van der Waals surface area contributed by atoms with Gasteiger partial charge in [-0.1, -0.05) is 12.8 Å². The molecule has 0 aromatic carbocycles. The average Bonchev–Trinajstić information content (AvgIpc) is 2.30. The summed E-state index contributed by atoms with van der Waals surface area (Å²) in [5, 5.41) is 0. The lowest BCUT2D eigenvalue weighted by molar-refractivity contribution is -0.123. The largest absolute Gasteiger partial charge is 0.276 e. The minimum atomic E-state index is 0.280. The molecular weight excluding hydrogens is 206 g/mol. The van der Waals surface area contributed by atoms with Crippen molar-refractivity contribution in [1.82, 2.24) is 3.93 Å². The summed E-state index contributed by atoms with van der Waals surface area (Å²) in [5.41, 5.74) is 0. The number of halogens is 1. The molecular formula is C8H12BrNO. The number of carbonyl (C=O) groups is 1. The molecule has 0 bridgehead atoms. The second kappa shape index (κ2) is 2.77. The molecule has 0 radical (unpaired) electrons. The third-order valence-electron chi connectivity index (χ3n) is 2.84. The molecule has 62 valence electrons. The highest BCUT2D eigenvalue weighted by molar-refractivity contribution is 9.07. The lowest BCUT2D eigenvalue weighted by Crippen LogP contribution is -2.29. The van der Waals surface area contributed by atoms with Gasteiger partial charge in [0.1, 0.15) is 0 Å². The van der Waals surface area contributed by atoms with Crippen molar-refractivity contribution in [3.63, 3.8) is 0 Å². The van der Waals surface area contributed by atoms with Gasteiger partial charge in [-0.15, -0.1) is 0 Å². The van der Waals surface area contributed by atoms with Crippen molar-refractivity contribution in [1.29, 1.82) is 0 Å². The van der Waals surface area contributed by atoms with Crippen molar-refractivity contribution >= 4 is 22.1 Å². The first-order valence-electron chi connectivity index (χ1n) is 4.27. The van der Waals surface area contributed by atoms with Gasteiger partial charge in [-0.3, -0.25) is 8.72 Å². The molecule has 3 heteroatoms. The zero-order valence-electron chi connectivity index (χ0n) is 6.42. The van der Waals surface area contributed by atoms with E-state index in [1.807, 2.05) is 0 Å². The van der Waals surface area contributed by atoms with E-state index in [1.165, 1.54) is 25.7 Å². The highest BCUT2D eigenvalue weighted by atomic mass is 79.9. The third kappa shape index (κ3) is 1.19. The normalized spacial score (nSPS) is 37.5. The first-order chi connectivity index (χ1) is 5.29. The van der Waals surface area contributed by atoms with Gasteiger partial charge < -0.3 is 0 Å². The molecule has 0 aromatic rings. The second-order valence-corrected chi connectivity index (χ2v) is 4.29. The number of hydrogen-bond donors (Lipinski definition) is 0. The lowest BCUT2D eigenvalue weighted by Gasteiger charge is -2.27. The maximum absolute atomic E-state index is 11.2. The average molecular weight is 218 g/mol. The van der Waals surface area contributed by atoms with Crippen LogP contribution >= 0.6 is 16.1 Å². The summed E-state index contributed by atoms with van der Waals surface area (Å²) in [4.78, 5) is 11.2. The number of amides is 1. The van der Waals surface area contributed by atoms with Crippen LogP contribution in [-0.4, -0.2) is 15.9 Å². The summed E-state index contributed by atoms with van der Waals surface area (Å²) < 4.78 is 1.77. The van der Waals surface area contributed by atoms with E-state index in [2.05, 4.69) is 16.1 Å². The van der Waals surface area contributed by atoms with E-state index >= 15 is 0 Å².